The first-order valence-electron chi connectivity index (χ1n) is 14.3. The molecule has 2 N–H and O–H groups in total. The molecule has 8 nitrogen and oxygen atoms in total. The average Bonchev–Trinajstić information content (AvgIpc) is 3.45. The Labute approximate surface area is 253 Å². The molecule has 0 amide bonds. The molecule has 1 aromatic heterocycles. The number of allylic oxidation sites excluding steroid dienone is 2. The van der Waals surface area contributed by atoms with Gasteiger partial charge in [0.25, 0.3) is 5.56 Å². The summed E-state index contributed by atoms with van der Waals surface area (Å²) < 4.78 is 37.9. The second kappa shape index (κ2) is 9.82. The Bertz CT molecular complexity index is 1900. The van der Waals surface area contributed by atoms with Crippen molar-refractivity contribution in [3.05, 3.63) is 129 Å². The summed E-state index contributed by atoms with van der Waals surface area (Å²) in [4.78, 5) is 22.2. The lowest BCUT2D eigenvalue weighted by Gasteiger charge is -2.51. The van der Waals surface area contributed by atoms with Gasteiger partial charge in [-0.3, -0.25) is 4.79 Å². The molecule has 0 fully saturated rings. The maximum Gasteiger partial charge on any atom is 0.255 e. The number of nitrogens with zero attached hydrogens (tertiary/aromatic N) is 1. The normalized spacial score (nSPS) is 26.2. The first-order valence-corrected chi connectivity index (χ1v) is 14.3. The molecular formula is C35H31FN2O6. The molecule has 0 spiro atoms. The highest BCUT2D eigenvalue weighted by molar-refractivity contribution is 5.69. The summed E-state index contributed by atoms with van der Waals surface area (Å²) >= 11 is 0. The third-order valence-corrected chi connectivity index (χ3v) is 9.34. The summed E-state index contributed by atoms with van der Waals surface area (Å²) in [6.45, 7) is 2.00. The van der Waals surface area contributed by atoms with E-state index in [4.69, 9.17) is 23.9 Å². The van der Waals surface area contributed by atoms with Crippen LogP contribution in [0.4, 0.5) is 4.39 Å². The van der Waals surface area contributed by atoms with Gasteiger partial charge in [0.05, 0.1) is 44.1 Å². The summed E-state index contributed by atoms with van der Waals surface area (Å²) in [5.41, 5.74) is -2.83. The monoisotopic (exact) mass is 594 g/mol. The Hall–Kier alpha value is -4.89. The van der Waals surface area contributed by atoms with Crippen molar-refractivity contribution in [2.75, 3.05) is 21.3 Å². The first-order chi connectivity index (χ1) is 21.2. The minimum absolute atomic E-state index is 0.146. The van der Waals surface area contributed by atoms with Crippen LogP contribution < -0.4 is 19.8 Å². The minimum atomic E-state index is -1.99. The van der Waals surface area contributed by atoms with Crippen LogP contribution in [0.3, 0.4) is 0 Å². The number of aromatic amines is 1. The second-order valence-corrected chi connectivity index (χ2v) is 11.5. The Balaban J connectivity index is 1.62. The lowest BCUT2D eigenvalue weighted by molar-refractivity contribution is -0.142. The van der Waals surface area contributed by atoms with Crippen molar-refractivity contribution in [3.8, 4) is 28.6 Å². The number of nitrogens with one attached hydrogen (secondary N) is 1. The van der Waals surface area contributed by atoms with Gasteiger partial charge >= 0.3 is 0 Å². The third-order valence-electron chi connectivity index (χ3n) is 9.34. The molecule has 44 heavy (non-hydrogen) atoms. The van der Waals surface area contributed by atoms with Gasteiger partial charge in [-0.25, -0.2) is 9.37 Å². The predicted molar refractivity (Wildman–Crippen MR) is 161 cm³/mol. The van der Waals surface area contributed by atoms with Crippen LogP contribution in [0.15, 0.2) is 95.5 Å². The van der Waals surface area contributed by atoms with E-state index in [1.165, 1.54) is 31.4 Å². The molecule has 3 aliphatic rings. The quantitative estimate of drug-likeness (QED) is 0.300. The van der Waals surface area contributed by atoms with Gasteiger partial charge in [-0.15, -0.1) is 0 Å². The molecule has 9 heteroatoms. The molecule has 4 atom stereocenters. The van der Waals surface area contributed by atoms with Crippen molar-refractivity contribution in [2.24, 2.45) is 5.41 Å². The number of methoxy groups -OCH3 is 3. The SMILES string of the molecule is COC1=CCC(C)([C@@]23Oc4cc(OC)cc(OC)c4[C@]2(O)c2nc(-c4ccc(F)cc4)[nH]c(=O)c2[C@H]3c2ccccc2)C=C1. The molecule has 3 aromatic carbocycles. The van der Waals surface area contributed by atoms with Gasteiger partial charge in [-0.1, -0.05) is 43.3 Å². The van der Waals surface area contributed by atoms with E-state index >= 15 is 0 Å². The molecule has 1 aliphatic heterocycles. The van der Waals surface area contributed by atoms with Crippen molar-refractivity contribution in [3.63, 3.8) is 0 Å². The lowest BCUT2D eigenvalue weighted by Crippen LogP contribution is -2.62. The molecule has 0 bridgehead atoms. The molecule has 0 saturated carbocycles. The van der Waals surface area contributed by atoms with Crippen LogP contribution in [0.25, 0.3) is 11.4 Å². The zero-order chi connectivity index (χ0) is 30.9. The van der Waals surface area contributed by atoms with Gasteiger partial charge in [-0.2, -0.15) is 0 Å². The zero-order valence-corrected chi connectivity index (χ0v) is 24.7. The van der Waals surface area contributed by atoms with Gasteiger partial charge in [0.1, 0.15) is 34.6 Å². The topological polar surface area (TPSA) is 103 Å². The highest BCUT2D eigenvalue weighted by atomic mass is 19.1. The largest absolute Gasteiger partial charge is 0.497 e. The maximum absolute atomic E-state index is 14.3. The molecule has 1 unspecified atom stereocenters. The van der Waals surface area contributed by atoms with E-state index in [-0.39, 0.29) is 17.1 Å². The number of fused-ring (bicyclic) bond motifs is 5. The molecule has 2 aliphatic carbocycles. The van der Waals surface area contributed by atoms with Crippen LogP contribution in [-0.4, -0.2) is 42.0 Å². The van der Waals surface area contributed by atoms with Crippen molar-refractivity contribution in [2.45, 2.75) is 30.5 Å². The standard InChI is InChI=1S/C35H31FN2O6/c1-33(16-14-23(41-2)15-17-33)35-28(20-8-6-5-7-9-20)27-30(37-31(38-32(27)39)21-10-12-22(36)13-11-21)34(35,40)29-25(43-4)18-24(42-3)19-26(29)44-35/h5-16,18-19,28,40H,17H2,1-4H3,(H,37,38,39)/t28-,33?,34+,35-/m1/s1. The van der Waals surface area contributed by atoms with Crippen LogP contribution in [-0.2, 0) is 10.3 Å². The van der Waals surface area contributed by atoms with Gasteiger partial charge in [0.2, 0.25) is 0 Å². The number of aliphatic hydroxyl groups is 1. The number of aromatic nitrogens is 2. The number of halogens is 1. The summed E-state index contributed by atoms with van der Waals surface area (Å²) in [6.07, 6.45) is 6.20. The molecule has 4 aromatic rings. The fraction of sp³-hybridized carbons (Fsp3) is 0.257. The summed E-state index contributed by atoms with van der Waals surface area (Å²) in [5.74, 6) is 0.832. The van der Waals surface area contributed by atoms with Gasteiger partial charge in [0, 0.05) is 23.1 Å². The molecule has 2 heterocycles. The molecule has 224 valence electrons. The zero-order valence-electron chi connectivity index (χ0n) is 24.7. The predicted octanol–water partition coefficient (Wildman–Crippen LogP) is 5.60. The van der Waals surface area contributed by atoms with Crippen LogP contribution in [0, 0.1) is 11.2 Å². The van der Waals surface area contributed by atoms with Gasteiger partial charge < -0.3 is 29.0 Å². The van der Waals surface area contributed by atoms with E-state index in [0.717, 1.165) is 5.56 Å². The lowest BCUT2D eigenvalue weighted by atomic mass is 9.57. The molecule has 0 radical (unpaired) electrons. The van der Waals surface area contributed by atoms with E-state index in [1.807, 2.05) is 55.5 Å². The van der Waals surface area contributed by atoms with Crippen LogP contribution in [0.1, 0.15) is 41.6 Å². The molecule has 0 saturated heterocycles. The van der Waals surface area contributed by atoms with E-state index in [1.54, 1.807) is 26.4 Å². The Morgan fingerprint density at radius 3 is 2.41 bits per heavy atom. The smallest absolute Gasteiger partial charge is 0.255 e. The van der Waals surface area contributed by atoms with Gasteiger partial charge in [-0.05, 0) is 48.4 Å². The summed E-state index contributed by atoms with van der Waals surface area (Å²) in [6, 6.07) is 18.6. The van der Waals surface area contributed by atoms with E-state index < -0.39 is 33.9 Å². The number of hydrogen-bond acceptors (Lipinski definition) is 7. The maximum atomic E-state index is 14.3. The van der Waals surface area contributed by atoms with E-state index in [9.17, 15) is 14.3 Å². The van der Waals surface area contributed by atoms with Gasteiger partial charge in [0.15, 0.2) is 11.2 Å². The first kappa shape index (κ1) is 27.9. The fourth-order valence-electron chi connectivity index (χ4n) is 7.30. The highest BCUT2D eigenvalue weighted by Gasteiger charge is 2.78. The number of ether oxygens (including phenoxy) is 4. The number of rotatable bonds is 6. The number of hydrogen-bond donors (Lipinski definition) is 2. The van der Waals surface area contributed by atoms with Crippen LogP contribution in [0.2, 0.25) is 0 Å². The van der Waals surface area contributed by atoms with Crippen molar-refractivity contribution < 1.29 is 28.4 Å². The summed E-state index contributed by atoms with van der Waals surface area (Å²) in [5, 5.41) is 13.6. The van der Waals surface area contributed by atoms with Crippen molar-refractivity contribution in [1.82, 2.24) is 9.97 Å². The summed E-state index contributed by atoms with van der Waals surface area (Å²) in [7, 11) is 4.65. The molecular weight excluding hydrogens is 563 g/mol. The Morgan fingerprint density at radius 2 is 1.77 bits per heavy atom. The minimum Gasteiger partial charge on any atom is -0.497 e. The van der Waals surface area contributed by atoms with Crippen molar-refractivity contribution in [1.29, 1.82) is 0 Å². The van der Waals surface area contributed by atoms with Crippen LogP contribution in [0.5, 0.6) is 17.2 Å². The highest BCUT2D eigenvalue weighted by Crippen LogP contribution is 2.71. The van der Waals surface area contributed by atoms with Crippen LogP contribution >= 0.6 is 0 Å². The third kappa shape index (κ3) is 3.59. The number of H-pyrrole nitrogens is 1. The average molecular weight is 595 g/mol. The second-order valence-electron chi connectivity index (χ2n) is 11.5. The molecule has 7 rings (SSSR count). The van der Waals surface area contributed by atoms with Crippen molar-refractivity contribution >= 4 is 0 Å². The van der Waals surface area contributed by atoms with E-state index in [0.29, 0.717) is 40.6 Å². The Morgan fingerprint density at radius 1 is 1.02 bits per heavy atom. The number of benzene rings is 3. The van der Waals surface area contributed by atoms with E-state index in [2.05, 4.69) is 4.98 Å². The fourth-order valence-corrected chi connectivity index (χ4v) is 7.30. The Kier molecular flexibility index (Phi) is 6.23.